The first kappa shape index (κ1) is 15.9. The zero-order valence-corrected chi connectivity index (χ0v) is 12.2. The standard InChI is InChI=1S/C9H15N3O5S2/c1-10-19(15,16)11-12(2)18(13,14)9-6-4-8(17-3)5-7-9/h4-7,10-11H,1-3H3. The summed E-state index contributed by atoms with van der Waals surface area (Å²) in [7, 11) is -4.15. The largest absolute Gasteiger partial charge is 0.497 e. The summed E-state index contributed by atoms with van der Waals surface area (Å²) in [5.74, 6) is 0.498. The number of hydrogen-bond donors (Lipinski definition) is 2. The molecule has 0 aliphatic rings. The van der Waals surface area contributed by atoms with Crippen LogP contribution in [0, 0.1) is 0 Å². The Labute approximate surface area is 112 Å². The van der Waals surface area contributed by atoms with Crippen LogP contribution < -0.4 is 14.3 Å². The Kier molecular flexibility index (Phi) is 4.87. The van der Waals surface area contributed by atoms with Crippen LogP contribution in [-0.4, -0.2) is 42.5 Å². The van der Waals surface area contributed by atoms with Gasteiger partial charge in [-0.25, -0.2) is 13.1 Å². The third kappa shape index (κ3) is 3.88. The number of hydrazine groups is 1. The van der Waals surface area contributed by atoms with Crippen molar-refractivity contribution in [3.05, 3.63) is 24.3 Å². The fourth-order valence-electron chi connectivity index (χ4n) is 1.17. The van der Waals surface area contributed by atoms with Crippen LogP contribution in [0.15, 0.2) is 29.2 Å². The second-order valence-corrected chi connectivity index (χ2v) is 7.01. The molecule has 0 bridgehead atoms. The van der Waals surface area contributed by atoms with Crippen molar-refractivity contribution in [2.45, 2.75) is 4.90 Å². The van der Waals surface area contributed by atoms with Gasteiger partial charge in [0.05, 0.1) is 12.0 Å². The van der Waals surface area contributed by atoms with Crippen molar-refractivity contribution in [2.75, 3.05) is 21.2 Å². The second-order valence-electron chi connectivity index (χ2n) is 3.45. The second kappa shape index (κ2) is 5.84. The molecule has 0 saturated heterocycles. The highest BCUT2D eigenvalue weighted by Gasteiger charge is 2.24. The summed E-state index contributed by atoms with van der Waals surface area (Å²) in [6.45, 7) is 0. The maximum atomic E-state index is 12.1. The molecule has 1 aromatic carbocycles. The highest BCUT2D eigenvalue weighted by atomic mass is 32.2. The average molecular weight is 309 g/mol. The number of hydrogen-bond acceptors (Lipinski definition) is 5. The summed E-state index contributed by atoms with van der Waals surface area (Å²) in [6, 6.07) is 5.57. The normalized spacial score (nSPS) is 12.6. The van der Waals surface area contributed by atoms with Gasteiger partial charge in [-0.3, -0.25) is 0 Å². The van der Waals surface area contributed by atoms with E-state index in [1.165, 1.54) is 31.4 Å². The summed E-state index contributed by atoms with van der Waals surface area (Å²) >= 11 is 0. The van der Waals surface area contributed by atoms with Crippen molar-refractivity contribution in [3.8, 4) is 5.75 Å². The Morgan fingerprint density at radius 1 is 1.11 bits per heavy atom. The number of methoxy groups -OCH3 is 1. The molecule has 0 atom stereocenters. The van der Waals surface area contributed by atoms with E-state index in [4.69, 9.17) is 4.74 Å². The molecule has 2 N–H and O–H groups in total. The van der Waals surface area contributed by atoms with E-state index in [0.717, 1.165) is 14.1 Å². The van der Waals surface area contributed by atoms with Gasteiger partial charge in [-0.05, 0) is 24.3 Å². The maximum absolute atomic E-state index is 12.1. The van der Waals surface area contributed by atoms with Crippen molar-refractivity contribution in [1.29, 1.82) is 0 Å². The van der Waals surface area contributed by atoms with Crippen LogP contribution in [0.1, 0.15) is 0 Å². The Bertz CT molecular complexity index is 624. The average Bonchev–Trinajstić information content (AvgIpc) is 2.38. The van der Waals surface area contributed by atoms with Crippen molar-refractivity contribution in [1.82, 2.24) is 14.0 Å². The van der Waals surface area contributed by atoms with Gasteiger partial charge in [-0.2, -0.15) is 8.42 Å². The molecule has 1 rings (SSSR count). The van der Waals surface area contributed by atoms with Gasteiger partial charge in [0.1, 0.15) is 5.75 Å². The van der Waals surface area contributed by atoms with E-state index in [1.54, 1.807) is 0 Å². The number of nitrogens with zero attached hydrogens (tertiary/aromatic N) is 1. The number of nitrogens with one attached hydrogen (secondary N) is 2. The lowest BCUT2D eigenvalue weighted by molar-refractivity contribution is 0.413. The lowest BCUT2D eigenvalue weighted by atomic mass is 10.3. The molecule has 19 heavy (non-hydrogen) atoms. The highest BCUT2D eigenvalue weighted by molar-refractivity contribution is 7.91. The van der Waals surface area contributed by atoms with E-state index >= 15 is 0 Å². The number of rotatable bonds is 6. The predicted octanol–water partition coefficient (Wildman–Crippen LogP) is -0.715. The third-order valence-corrected chi connectivity index (χ3v) is 5.08. The summed E-state index contributed by atoms with van der Waals surface area (Å²) in [6.07, 6.45) is 0. The zero-order valence-electron chi connectivity index (χ0n) is 10.6. The summed E-state index contributed by atoms with van der Waals surface area (Å²) in [5.41, 5.74) is 0. The van der Waals surface area contributed by atoms with Gasteiger partial charge in [-0.15, -0.1) is 9.25 Å². The van der Waals surface area contributed by atoms with Crippen molar-refractivity contribution < 1.29 is 21.6 Å². The third-order valence-electron chi connectivity index (χ3n) is 2.24. The minimum absolute atomic E-state index is 0.0606. The SMILES string of the molecule is CNS(=O)(=O)NN(C)S(=O)(=O)c1ccc(OC)cc1. The lowest BCUT2D eigenvalue weighted by Gasteiger charge is -2.17. The number of ether oxygens (including phenoxy) is 1. The van der Waals surface area contributed by atoms with Crippen LogP contribution in [0.5, 0.6) is 5.75 Å². The van der Waals surface area contributed by atoms with Gasteiger partial charge in [-0.1, -0.05) is 0 Å². The van der Waals surface area contributed by atoms with Crippen LogP contribution in [0.3, 0.4) is 0 Å². The molecule has 1 aromatic rings. The molecular formula is C9H15N3O5S2. The molecule has 0 radical (unpaired) electrons. The van der Waals surface area contributed by atoms with Crippen LogP contribution in [0.4, 0.5) is 0 Å². The molecule has 0 aliphatic carbocycles. The first-order valence-corrected chi connectivity index (χ1v) is 7.99. The molecule has 0 spiro atoms. The highest BCUT2D eigenvalue weighted by Crippen LogP contribution is 2.17. The molecule has 0 amide bonds. The number of sulfonamides is 1. The molecule has 0 aromatic heterocycles. The summed E-state index contributed by atoms with van der Waals surface area (Å²) in [4.78, 5) is 1.79. The van der Waals surface area contributed by atoms with Gasteiger partial charge in [0.25, 0.3) is 20.2 Å². The first-order valence-electron chi connectivity index (χ1n) is 5.07. The Morgan fingerprint density at radius 3 is 2.05 bits per heavy atom. The molecule has 0 aliphatic heterocycles. The van der Waals surface area contributed by atoms with Crippen LogP contribution in [-0.2, 0) is 20.2 Å². The topological polar surface area (TPSA) is 105 Å². The zero-order chi connectivity index (χ0) is 14.7. The van der Waals surface area contributed by atoms with E-state index in [0.29, 0.717) is 10.2 Å². The molecule has 0 fully saturated rings. The molecule has 0 unspecified atom stereocenters. The van der Waals surface area contributed by atoms with Crippen molar-refractivity contribution >= 4 is 20.2 Å². The van der Waals surface area contributed by atoms with Gasteiger partial charge in [0.2, 0.25) is 0 Å². The fourth-order valence-corrected chi connectivity index (χ4v) is 3.08. The van der Waals surface area contributed by atoms with E-state index < -0.39 is 20.2 Å². The quantitative estimate of drug-likeness (QED) is 0.675. The van der Waals surface area contributed by atoms with E-state index in [2.05, 4.69) is 0 Å². The molecule has 8 nitrogen and oxygen atoms in total. The van der Waals surface area contributed by atoms with Crippen LogP contribution >= 0.6 is 0 Å². The predicted molar refractivity (Wildman–Crippen MR) is 69.1 cm³/mol. The summed E-state index contributed by atoms with van der Waals surface area (Å²) in [5, 5.41) is 0. The van der Waals surface area contributed by atoms with Crippen molar-refractivity contribution in [3.63, 3.8) is 0 Å². The van der Waals surface area contributed by atoms with E-state index in [1.807, 2.05) is 9.55 Å². The van der Waals surface area contributed by atoms with Crippen LogP contribution in [0.2, 0.25) is 0 Å². The Balaban J connectivity index is 3.02. The maximum Gasteiger partial charge on any atom is 0.290 e. The smallest absolute Gasteiger partial charge is 0.290 e. The lowest BCUT2D eigenvalue weighted by Crippen LogP contribution is -2.47. The van der Waals surface area contributed by atoms with Crippen molar-refractivity contribution in [2.24, 2.45) is 0 Å². The minimum atomic E-state index is -3.96. The van der Waals surface area contributed by atoms with Gasteiger partial charge in [0.15, 0.2) is 0 Å². The van der Waals surface area contributed by atoms with Gasteiger partial charge in [0, 0.05) is 14.1 Å². The molecule has 10 heteroatoms. The monoisotopic (exact) mass is 309 g/mol. The molecule has 0 heterocycles. The molecule has 108 valence electrons. The van der Waals surface area contributed by atoms with E-state index in [-0.39, 0.29) is 4.90 Å². The first-order chi connectivity index (χ1) is 8.73. The van der Waals surface area contributed by atoms with Crippen LogP contribution in [0.25, 0.3) is 0 Å². The van der Waals surface area contributed by atoms with E-state index in [9.17, 15) is 16.8 Å². The van der Waals surface area contributed by atoms with Gasteiger partial charge >= 0.3 is 0 Å². The molecular weight excluding hydrogens is 294 g/mol. The Morgan fingerprint density at radius 2 is 1.63 bits per heavy atom. The van der Waals surface area contributed by atoms with Gasteiger partial charge < -0.3 is 4.74 Å². The molecule has 0 saturated carbocycles. The Hall–Kier alpha value is -1.20. The minimum Gasteiger partial charge on any atom is -0.497 e. The number of benzene rings is 1. The fraction of sp³-hybridized carbons (Fsp3) is 0.333. The summed E-state index contributed by atoms with van der Waals surface area (Å²) < 4.78 is 54.0.